The number of imidazole rings is 1. The van der Waals surface area contributed by atoms with E-state index in [-0.39, 0.29) is 12.1 Å². The van der Waals surface area contributed by atoms with Gasteiger partial charge in [0.25, 0.3) is 0 Å². The molecule has 0 aliphatic heterocycles. The van der Waals surface area contributed by atoms with Crippen LogP contribution in [0.15, 0.2) is 24.4 Å². The summed E-state index contributed by atoms with van der Waals surface area (Å²) in [7, 11) is 0. The summed E-state index contributed by atoms with van der Waals surface area (Å²) in [6.45, 7) is 8.22. The molecule has 2 N–H and O–H groups in total. The Morgan fingerprint density at radius 1 is 1.41 bits per heavy atom. The van der Waals surface area contributed by atoms with Crippen LogP contribution in [0.3, 0.4) is 0 Å². The van der Waals surface area contributed by atoms with Crippen molar-refractivity contribution in [2.75, 3.05) is 6.54 Å². The predicted molar refractivity (Wildman–Crippen MR) is 85.7 cm³/mol. The zero-order valence-corrected chi connectivity index (χ0v) is 13.6. The first-order valence-corrected chi connectivity index (χ1v) is 7.54. The van der Waals surface area contributed by atoms with Crippen LogP contribution >= 0.6 is 0 Å². The molecule has 2 amide bonds. The first-order valence-electron chi connectivity index (χ1n) is 7.54. The zero-order chi connectivity index (χ0) is 16.3. The maximum absolute atomic E-state index is 12.2. The molecule has 0 radical (unpaired) electrons. The fourth-order valence-corrected chi connectivity index (χ4v) is 2.36. The maximum atomic E-state index is 12.2. The molecule has 0 aromatic carbocycles. The van der Waals surface area contributed by atoms with Crippen molar-refractivity contribution in [3.05, 3.63) is 35.8 Å². The zero-order valence-electron chi connectivity index (χ0n) is 13.6. The van der Waals surface area contributed by atoms with Crippen molar-refractivity contribution in [2.45, 2.75) is 46.4 Å². The van der Waals surface area contributed by atoms with Crippen LogP contribution in [-0.2, 0) is 6.54 Å². The van der Waals surface area contributed by atoms with E-state index in [2.05, 4.69) is 10.3 Å². The molecule has 0 bridgehead atoms. The molecule has 2 rings (SSSR count). The normalized spacial score (nSPS) is 12.6. The smallest absolute Gasteiger partial charge is 0.318 e. The van der Waals surface area contributed by atoms with Gasteiger partial charge in [0.05, 0.1) is 18.3 Å². The van der Waals surface area contributed by atoms with Crippen LogP contribution in [0.2, 0.25) is 0 Å². The molecule has 0 aliphatic carbocycles. The Morgan fingerprint density at radius 3 is 2.73 bits per heavy atom. The molecule has 1 atom stereocenters. The van der Waals surface area contributed by atoms with Gasteiger partial charge in [0.1, 0.15) is 5.65 Å². The summed E-state index contributed by atoms with van der Waals surface area (Å²) in [4.78, 5) is 18.4. The van der Waals surface area contributed by atoms with Crippen molar-refractivity contribution in [3.8, 4) is 0 Å². The summed E-state index contributed by atoms with van der Waals surface area (Å²) >= 11 is 0. The first-order chi connectivity index (χ1) is 10.4. The third-order valence-electron chi connectivity index (χ3n) is 3.51. The second-order valence-electron chi connectivity index (χ2n) is 5.88. The fourth-order valence-electron chi connectivity index (χ4n) is 2.36. The van der Waals surface area contributed by atoms with Crippen molar-refractivity contribution in [1.29, 1.82) is 0 Å². The molecule has 0 saturated carbocycles. The molecule has 2 heterocycles. The quantitative estimate of drug-likeness (QED) is 0.887. The maximum Gasteiger partial charge on any atom is 0.318 e. The van der Waals surface area contributed by atoms with Gasteiger partial charge in [0.15, 0.2) is 0 Å². The summed E-state index contributed by atoms with van der Waals surface area (Å²) in [5.41, 5.74) is 2.78. The minimum atomic E-state index is -0.550. The molecule has 2 aromatic heterocycles. The SMILES string of the molecule is Cc1cccc2nc(CNC(=O)N(CC(C)O)C(C)C)cn12. The monoisotopic (exact) mass is 304 g/mol. The number of hydrogen-bond acceptors (Lipinski definition) is 3. The molecular formula is C16H24N4O2. The summed E-state index contributed by atoms with van der Waals surface area (Å²) in [6, 6.07) is 5.75. The van der Waals surface area contributed by atoms with Crippen molar-refractivity contribution in [3.63, 3.8) is 0 Å². The Labute approximate surface area is 130 Å². The number of nitrogens with zero attached hydrogens (tertiary/aromatic N) is 3. The minimum absolute atomic E-state index is 0.0258. The van der Waals surface area contributed by atoms with Gasteiger partial charge in [-0.25, -0.2) is 9.78 Å². The lowest BCUT2D eigenvalue weighted by molar-refractivity contribution is 0.118. The highest BCUT2D eigenvalue weighted by atomic mass is 16.3. The van der Waals surface area contributed by atoms with Crippen molar-refractivity contribution < 1.29 is 9.90 Å². The highest BCUT2D eigenvalue weighted by molar-refractivity contribution is 5.74. The fraction of sp³-hybridized carbons (Fsp3) is 0.500. The number of carbonyl (C=O) groups excluding carboxylic acids is 1. The summed E-state index contributed by atoms with van der Waals surface area (Å²) < 4.78 is 2.00. The Hall–Kier alpha value is -2.08. The van der Waals surface area contributed by atoms with E-state index in [1.807, 2.05) is 49.6 Å². The third kappa shape index (κ3) is 3.76. The van der Waals surface area contributed by atoms with Gasteiger partial charge in [-0.3, -0.25) is 0 Å². The van der Waals surface area contributed by atoms with E-state index < -0.39 is 6.10 Å². The topological polar surface area (TPSA) is 69.9 Å². The van der Waals surface area contributed by atoms with Gasteiger partial charge in [0, 0.05) is 24.5 Å². The van der Waals surface area contributed by atoms with Gasteiger partial charge >= 0.3 is 6.03 Å². The number of hydrogen-bond donors (Lipinski definition) is 2. The lowest BCUT2D eigenvalue weighted by Crippen LogP contribution is -2.46. The minimum Gasteiger partial charge on any atom is -0.392 e. The Balaban J connectivity index is 2.03. The number of amides is 2. The number of urea groups is 1. The second kappa shape index (κ2) is 6.79. The third-order valence-corrected chi connectivity index (χ3v) is 3.51. The lowest BCUT2D eigenvalue weighted by atomic mass is 10.3. The van der Waals surface area contributed by atoms with Gasteiger partial charge in [-0.1, -0.05) is 6.07 Å². The molecular weight excluding hydrogens is 280 g/mol. The second-order valence-corrected chi connectivity index (χ2v) is 5.88. The van der Waals surface area contributed by atoms with E-state index in [9.17, 15) is 9.90 Å². The van der Waals surface area contributed by atoms with E-state index in [1.165, 1.54) is 0 Å². The number of carbonyl (C=O) groups is 1. The standard InChI is InChI=1S/C16H24N4O2/c1-11(2)19(9-13(4)21)16(22)17-8-14-10-20-12(3)6-5-7-15(20)18-14/h5-7,10-11,13,21H,8-9H2,1-4H3,(H,17,22). The molecule has 6 nitrogen and oxygen atoms in total. The van der Waals surface area contributed by atoms with Crippen LogP contribution in [0, 0.1) is 6.92 Å². The molecule has 2 aromatic rings. The van der Waals surface area contributed by atoms with Crippen LogP contribution in [0.25, 0.3) is 5.65 Å². The number of aliphatic hydroxyl groups excluding tert-OH is 1. The van der Waals surface area contributed by atoms with Crippen molar-refractivity contribution in [1.82, 2.24) is 19.6 Å². The van der Waals surface area contributed by atoms with E-state index in [4.69, 9.17) is 0 Å². The number of nitrogens with one attached hydrogen (secondary N) is 1. The average Bonchev–Trinajstić information content (AvgIpc) is 2.86. The summed E-state index contributed by atoms with van der Waals surface area (Å²) in [6.07, 6.45) is 1.38. The van der Waals surface area contributed by atoms with Crippen LogP contribution in [0.5, 0.6) is 0 Å². The number of aromatic nitrogens is 2. The number of fused-ring (bicyclic) bond motifs is 1. The molecule has 22 heavy (non-hydrogen) atoms. The van der Waals surface area contributed by atoms with Crippen molar-refractivity contribution in [2.24, 2.45) is 0 Å². The molecule has 1 unspecified atom stereocenters. The largest absolute Gasteiger partial charge is 0.392 e. The molecule has 0 saturated heterocycles. The number of aryl methyl sites for hydroxylation is 1. The van der Waals surface area contributed by atoms with E-state index >= 15 is 0 Å². The first kappa shape index (κ1) is 16.3. The van der Waals surface area contributed by atoms with Gasteiger partial charge in [-0.2, -0.15) is 0 Å². The van der Waals surface area contributed by atoms with E-state index in [1.54, 1.807) is 11.8 Å². The highest BCUT2D eigenvalue weighted by Gasteiger charge is 2.18. The lowest BCUT2D eigenvalue weighted by Gasteiger charge is -2.28. The van der Waals surface area contributed by atoms with Gasteiger partial charge in [-0.15, -0.1) is 0 Å². The van der Waals surface area contributed by atoms with Crippen LogP contribution < -0.4 is 5.32 Å². The molecule has 120 valence electrons. The molecule has 0 fully saturated rings. The van der Waals surface area contributed by atoms with Crippen molar-refractivity contribution >= 4 is 11.7 Å². The molecule has 0 spiro atoms. The highest BCUT2D eigenvalue weighted by Crippen LogP contribution is 2.08. The summed E-state index contributed by atoms with van der Waals surface area (Å²) in [5.74, 6) is 0. The Kier molecular flexibility index (Phi) is 5.03. The number of pyridine rings is 1. The van der Waals surface area contributed by atoms with Gasteiger partial charge in [0.2, 0.25) is 0 Å². The average molecular weight is 304 g/mol. The van der Waals surface area contributed by atoms with Gasteiger partial charge in [-0.05, 0) is 39.8 Å². The van der Waals surface area contributed by atoms with E-state index in [0.29, 0.717) is 13.1 Å². The number of rotatable bonds is 5. The predicted octanol–water partition coefficient (Wildman–Crippen LogP) is 1.94. The number of aliphatic hydroxyl groups is 1. The Bertz CT molecular complexity index is 649. The van der Waals surface area contributed by atoms with Gasteiger partial charge < -0.3 is 19.7 Å². The van der Waals surface area contributed by atoms with Crippen LogP contribution in [-0.4, -0.2) is 44.1 Å². The van der Waals surface area contributed by atoms with Crippen LogP contribution in [0.1, 0.15) is 32.2 Å². The van der Waals surface area contributed by atoms with E-state index in [0.717, 1.165) is 17.0 Å². The summed E-state index contributed by atoms with van der Waals surface area (Å²) in [5, 5.41) is 12.4. The molecule has 0 aliphatic rings. The Morgan fingerprint density at radius 2 is 2.14 bits per heavy atom. The van der Waals surface area contributed by atoms with Crippen LogP contribution in [0.4, 0.5) is 4.79 Å². The molecule has 6 heteroatoms.